The number of nitrogens with one attached hydrogen (secondary N) is 1. The highest BCUT2D eigenvalue weighted by Crippen LogP contribution is 2.26. The molecule has 0 saturated carbocycles. The van der Waals surface area contributed by atoms with Gasteiger partial charge in [-0.2, -0.15) is 0 Å². The molecule has 0 fully saturated rings. The topological polar surface area (TPSA) is 17.0 Å². The van der Waals surface area contributed by atoms with Crippen LogP contribution >= 0.6 is 11.6 Å². The molecular weight excluding hydrogens is 232 g/mol. The van der Waals surface area contributed by atoms with Gasteiger partial charge in [0, 0.05) is 34.2 Å². The van der Waals surface area contributed by atoms with E-state index in [-0.39, 0.29) is 0 Å². The molecule has 1 aromatic carbocycles. The Hall–Kier alpha value is -0.990. The summed E-state index contributed by atoms with van der Waals surface area (Å²) < 4.78 is 2.35. The number of fused-ring (bicyclic) bond motifs is 1. The highest BCUT2D eigenvalue weighted by atomic mass is 35.5. The van der Waals surface area contributed by atoms with Crippen molar-refractivity contribution in [1.29, 1.82) is 0 Å². The van der Waals surface area contributed by atoms with Crippen LogP contribution in [0.4, 0.5) is 0 Å². The Bertz CT molecular complexity index is 514. The average molecular weight is 251 g/mol. The van der Waals surface area contributed by atoms with Gasteiger partial charge in [-0.25, -0.2) is 0 Å². The summed E-state index contributed by atoms with van der Waals surface area (Å²) >= 11 is 6.08. The minimum atomic E-state index is 0.444. The van der Waals surface area contributed by atoms with Gasteiger partial charge in [-0.3, -0.25) is 0 Å². The van der Waals surface area contributed by atoms with Gasteiger partial charge in [0.1, 0.15) is 0 Å². The number of aromatic nitrogens is 1. The van der Waals surface area contributed by atoms with Crippen LogP contribution in [0.25, 0.3) is 10.9 Å². The van der Waals surface area contributed by atoms with E-state index >= 15 is 0 Å². The molecule has 0 amide bonds. The minimum Gasteiger partial charge on any atom is -0.341 e. The summed E-state index contributed by atoms with van der Waals surface area (Å²) in [6.45, 7) is 8.42. The second kappa shape index (κ2) is 5.11. The van der Waals surface area contributed by atoms with Crippen molar-refractivity contribution in [2.45, 2.75) is 33.4 Å². The van der Waals surface area contributed by atoms with Gasteiger partial charge in [0.15, 0.2) is 0 Å². The fourth-order valence-corrected chi connectivity index (χ4v) is 2.42. The van der Waals surface area contributed by atoms with Crippen LogP contribution in [0.5, 0.6) is 0 Å². The predicted molar refractivity (Wildman–Crippen MR) is 74.7 cm³/mol. The maximum Gasteiger partial charge on any atom is 0.0500 e. The Morgan fingerprint density at radius 2 is 2.06 bits per heavy atom. The lowest BCUT2D eigenvalue weighted by molar-refractivity contribution is 0.572. The number of benzene rings is 1. The Morgan fingerprint density at radius 1 is 1.29 bits per heavy atom. The summed E-state index contributed by atoms with van der Waals surface area (Å²) in [6.07, 6.45) is 0. The molecule has 2 aromatic rings. The second-order valence-electron chi connectivity index (χ2n) is 4.58. The highest BCUT2D eigenvalue weighted by Gasteiger charge is 2.11. The zero-order chi connectivity index (χ0) is 12.4. The molecule has 17 heavy (non-hydrogen) atoms. The normalized spacial score (nSPS) is 11.6. The first-order valence-corrected chi connectivity index (χ1v) is 6.51. The van der Waals surface area contributed by atoms with Crippen molar-refractivity contribution in [3.8, 4) is 0 Å². The predicted octanol–water partition coefficient (Wildman–Crippen LogP) is 3.99. The molecule has 0 radical (unpaired) electrons. The Kier molecular flexibility index (Phi) is 3.75. The van der Waals surface area contributed by atoms with Crippen molar-refractivity contribution < 1.29 is 0 Å². The van der Waals surface area contributed by atoms with E-state index in [9.17, 15) is 0 Å². The van der Waals surface area contributed by atoms with Gasteiger partial charge in [-0.1, -0.05) is 24.6 Å². The van der Waals surface area contributed by atoms with E-state index in [4.69, 9.17) is 11.6 Å². The lowest BCUT2D eigenvalue weighted by Gasteiger charge is -2.15. The van der Waals surface area contributed by atoms with Crippen molar-refractivity contribution in [3.05, 3.63) is 35.0 Å². The van der Waals surface area contributed by atoms with Gasteiger partial charge in [0.05, 0.1) is 0 Å². The summed E-state index contributed by atoms with van der Waals surface area (Å²) in [6, 6.07) is 8.78. The van der Waals surface area contributed by atoms with Crippen molar-refractivity contribution in [2.24, 2.45) is 0 Å². The molecule has 0 bridgehead atoms. The molecule has 3 heteroatoms. The van der Waals surface area contributed by atoms with Gasteiger partial charge >= 0.3 is 0 Å². The molecule has 2 nitrogen and oxygen atoms in total. The van der Waals surface area contributed by atoms with E-state index in [1.807, 2.05) is 12.1 Å². The fraction of sp³-hybridized carbons (Fsp3) is 0.429. The van der Waals surface area contributed by atoms with Gasteiger partial charge in [0.2, 0.25) is 0 Å². The highest BCUT2D eigenvalue weighted by molar-refractivity contribution is 6.31. The van der Waals surface area contributed by atoms with Gasteiger partial charge in [0.25, 0.3) is 0 Å². The second-order valence-corrected chi connectivity index (χ2v) is 5.02. The number of nitrogens with zero attached hydrogens (tertiary/aromatic N) is 1. The van der Waals surface area contributed by atoms with Gasteiger partial charge in [-0.05, 0) is 38.6 Å². The lowest BCUT2D eigenvalue weighted by atomic mass is 10.2. The van der Waals surface area contributed by atoms with Crippen LogP contribution in [0.1, 0.15) is 32.5 Å². The lowest BCUT2D eigenvalue weighted by Crippen LogP contribution is -2.16. The summed E-state index contributed by atoms with van der Waals surface area (Å²) in [5.41, 5.74) is 2.54. The fourth-order valence-electron chi connectivity index (χ4n) is 2.25. The van der Waals surface area contributed by atoms with E-state index in [0.29, 0.717) is 6.04 Å². The first-order chi connectivity index (χ1) is 8.13. The molecule has 0 saturated heterocycles. The Morgan fingerprint density at radius 3 is 2.71 bits per heavy atom. The smallest absolute Gasteiger partial charge is 0.0500 e. The maximum absolute atomic E-state index is 6.08. The molecule has 92 valence electrons. The zero-order valence-corrected chi connectivity index (χ0v) is 11.4. The molecule has 1 aromatic heterocycles. The number of rotatable bonds is 4. The SMILES string of the molecule is CCNCc1cc2ccc(Cl)cc2n1C(C)C. The monoisotopic (exact) mass is 250 g/mol. The molecule has 0 aliphatic carbocycles. The molecule has 1 heterocycles. The summed E-state index contributed by atoms with van der Waals surface area (Å²) in [7, 11) is 0. The standard InChI is InChI=1S/C14H19ClN2/c1-4-16-9-13-7-11-5-6-12(15)8-14(11)17(13)10(2)3/h5-8,10,16H,4,9H2,1-3H3. The van der Waals surface area contributed by atoms with E-state index in [2.05, 4.69) is 42.8 Å². The van der Waals surface area contributed by atoms with E-state index in [1.165, 1.54) is 16.6 Å². The van der Waals surface area contributed by atoms with Crippen LogP contribution < -0.4 is 5.32 Å². The quantitative estimate of drug-likeness (QED) is 0.869. The van der Waals surface area contributed by atoms with Gasteiger partial charge in [-0.15, -0.1) is 0 Å². The number of hydrogen-bond acceptors (Lipinski definition) is 1. The third-order valence-corrected chi connectivity index (χ3v) is 3.19. The largest absolute Gasteiger partial charge is 0.341 e. The molecular formula is C14H19ClN2. The molecule has 0 atom stereocenters. The zero-order valence-electron chi connectivity index (χ0n) is 10.6. The van der Waals surface area contributed by atoms with E-state index in [0.717, 1.165) is 18.1 Å². The van der Waals surface area contributed by atoms with Crippen molar-refractivity contribution in [2.75, 3.05) is 6.54 Å². The third kappa shape index (κ3) is 2.48. The Balaban J connectivity index is 2.54. The van der Waals surface area contributed by atoms with Crippen LogP contribution in [0, 0.1) is 0 Å². The average Bonchev–Trinajstić information content (AvgIpc) is 2.63. The van der Waals surface area contributed by atoms with Crippen molar-refractivity contribution >= 4 is 22.5 Å². The van der Waals surface area contributed by atoms with Crippen LogP contribution in [-0.4, -0.2) is 11.1 Å². The summed E-state index contributed by atoms with van der Waals surface area (Å²) in [5, 5.41) is 5.44. The maximum atomic E-state index is 6.08. The third-order valence-electron chi connectivity index (χ3n) is 2.96. The number of hydrogen-bond donors (Lipinski definition) is 1. The molecule has 1 N–H and O–H groups in total. The summed E-state index contributed by atoms with van der Waals surface area (Å²) in [5.74, 6) is 0. The van der Waals surface area contributed by atoms with E-state index < -0.39 is 0 Å². The Labute approximate surface area is 108 Å². The molecule has 2 rings (SSSR count). The molecule has 0 spiro atoms. The summed E-state index contributed by atoms with van der Waals surface area (Å²) in [4.78, 5) is 0. The van der Waals surface area contributed by atoms with Crippen LogP contribution in [0.3, 0.4) is 0 Å². The van der Waals surface area contributed by atoms with Crippen LogP contribution in [0.15, 0.2) is 24.3 Å². The first kappa shape index (κ1) is 12.5. The number of halogens is 1. The molecule has 0 unspecified atom stereocenters. The van der Waals surface area contributed by atoms with Gasteiger partial charge < -0.3 is 9.88 Å². The van der Waals surface area contributed by atoms with Crippen molar-refractivity contribution in [1.82, 2.24) is 9.88 Å². The molecule has 0 aliphatic heterocycles. The first-order valence-electron chi connectivity index (χ1n) is 6.13. The minimum absolute atomic E-state index is 0.444. The van der Waals surface area contributed by atoms with E-state index in [1.54, 1.807) is 0 Å². The van der Waals surface area contributed by atoms with Crippen molar-refractivity contribution in [3.63, 3.8) is 0 Å². The van der Waals surface area contributed by atoms with Crippen LogP contribution in [-0.2, 0) is 6.54 Å². The molecule has 0 aliphatic rings. The van der Waals surface area contributed by atoms with Crippen LogP contribution in [0.2, 0.25) is 5.02 Å².